The van der Waals surface area contributed by atoms with E-state index in [1.807, 2.05) is 25.1 Å². The minimum atomic E-state index is -3.62. The maximum absolute atomic E-state index is 12.4. The Hall–Kier alpha value is -2.05. The van der Waals surface area contributed by atoms with Crippen molar-refractivity contribution >= 4 is 10.0 Å². The van der Waals surface area contributed by atoms with Crippen molar-refractivity contribution in [1.82, 2.24) is 4.72 Å². The van der Waals surface area contributed by atoms with Gasteiger partial charge in [-0.05, 0) is 37.1 Å². The van der Waals surface area contributed by atoms with Crippen LogP contribution >= 0.6 is 0 Å². The summed E-state index contributed by atoms with van der Waals surface area (Å²) >= 11 is 0. The van der Waals surface area contributed by atoms with Crippen LogP contribution in [0.4, 0.5) is 0 Å². The van der Waals surface area contributed by atoms with E-state index in [2.05, 4.69) is 4.72 Å². The number of sulfonamides is 1. The van der Waals surface area contributed by atoms with Gasteiger partial charge in [-0.1, -0.05) is 29.8 Å². The second-order valence-electron chi connectivity index (χ2n) is 5.11. The van der Waals surface area contributed by atoms with Crippen LogP contribution in [0.5, 0.6) is 11.5 Å². The summed E-state index contributed by atoms with van der Waals surface area (Å²) in [6.07, 6.45) is 0.541. The molecule has 0 aliphatic heterocycles. The highest BCUT2D eigenvalue weighted by Gasteiger charge is 2.18. The van der Waals surface area contributed by atoms with E-state index < -0.39 is 10.0 Å². The highest BCUT2D eigenvalue weighted by atomic mass is 32.2. The van der Waals surface area contributed by atoms with E-state index in [1.54, 1.807) is 25.3 Å². The molecule has 0 aliphatic rings. The van der Waals surface area contributed by atoms with Crippen LogP contribution in [0, 0.1) is 6.92 Å². The van der Waals surface area contributed by atoms with E-state index in [0.29, 0.717) is 12.2 Å². The summed E-state index contributed by atoms with van der Waals surface area (Å²) in [5.41, 5.74) is 2.07. The van der Waals surface area contributed by atoms with Crippen molar-refractivity contribution < 1.29 is 17.9 Å². The highest BCUT2D eigenvalue weighted by Crippen LogP contribution is 2.23. The summed E-state index contributed by atoms with van der Waals surface area (Å²) in [7, 11) is -0.564. The van der Waals surface area contributed by atoms with Gasteiger partial charge in [0.1, 0.15) is 16.4 Å². The summed E-state index contributed by atoms with van der Waals surface area (Å²) < 4.78 is 37.8. The molecule has 23 heavy (non-hydrogen) atoms. The Labute approximate surface area is 137 Å². The maximum atomic E-state index is 12.4. The molecular weight excluding hydrogens is 314 g/mol. The first-order valence-corrected chi connectivity index (χ1v) is 8.72. The normalized spacial score (nSPS) is 11.3. The molecule has 2 aromatic rings. The fraction of sp³-hybridized carbons (Fsp3) is 0.294. The fourth-order valence-corrected chi connectivity index (χ4v) is 3.54. The molecule has 2 aromatic carbocycles. The van der Waals surface area contributed by atoms with Gasteiger partial charge in [-0.25, -0.2) is 13.1 Å². The monoisotopic (exact) mass is 335 g/mol. The minimum absolute atomic E-state index is 0.138. The Kier molecular flexibility index (Phi) is 5.63. The van der Waals surface area contributed by atoms with Crippen LogP contribution in [0.3, 0.4) is 0 Å². The standard InChI is InChI=1S/C17H21NO4S/c1-13-8-9-15(21-2)14(12-13)10-11-18-23(19,20)17-7-5-4-6-16(17)22-3/h4-9,12,18H,10-11H2,1-3H3. The largest absolute Gasteiger partial charge is 0.496 e. The van der Waals surface area contributed by atoms with Crippen LogP contribution in [0.2, 0.25) is 0 Å². The molecule has 0 saturated carbocycles. The molecule has 124 valence electrons. The van der Waals surface area contributed by atoms with Crippen LogP contribution in [-0.4, -0.2) is 29.2 Å². The fourth-order valence-electron chi connectivity index (χ4n) is 2.34. The molecule has 0 amide bonds. The summed E-state index contributed by atoms with van der Waals surface area (Å²) in [6, 6.07) is 12.4. The van der Waals surface area contributed by atoms with Crippen molar-refractivity contribution in [1.29, 1.82) is 0 Å². The zero-order chi connectivity index (χ0) is 16.9. The van der Waals surface area contributed by atoms with Gasteiger partial charge in [0.25, 0.3) is 0 Å². The van der Waals surface area contributed by atoms with Crippen molar-refractivity contribution in [2.45, 2.75) is 18.2 Å². The number of hydrogen-bond acceptors (Lipinski definition) is 4. The van der Waals surface area contributed by atoms with Crippen LogP contribution in [0.25, 0.3) is 0 Å². The number of benzene rings is 2. The van der Waals surface area contributed by atoms with Crippen LogP contribution in [0.1, 0.15) is 11.1 Å². The summed E-state index contributed by atoms with van der Waals surface area (Å²) in [5.74, 6) is 1.08. The van der Waals surface area contributed by atoms with E-state index in [1.165, 1.54) is 13.2 Å². The lowest BCUT2D eigenvalue weighted by Gasteiger charge is -2.12. The molecule has 0 radical (unpaired) electrons. The zero-order valence-corrected chi connectivity index (χ0v) is 14.3. The minimum Gasteiger partial charge on any atom is -0.496 e. The molecule has 0 heterocycles. The van der Waals surface area contributed by atoms with E-state index >= 15 is 0 Å². The van der Waals surface area contributed by atoms with Crippen molar-refractivity contribution in [3.8, 4) is 11.5 Å². The molecule has 0 atom stereocenters. The first kappa shape index (κ1) is 17.3. The summed E-state index contributed by atoms with van der Waals surface area (Å²) in [4.78, 5) is 0.138. The highest BCUT2D eigenvalue weighted by molar-refractivity contribution is 7.89. The third-order valence-electron chi connectivity index (χ3n) is 3.48. The van der Waals surface area contributed by atoms with Crippen molar-refractivity contribution in [2.75, 3.05) is 20.8 Å². The smallest absolute Gasteiger partial charge is 0.244 e. The maximum Gasteiger partial charge on any atom is 0.244 e. The molecule has 0 bridgehead atoms. The number of hydrogen-bond donors (Lipinski definition) is 1. The average molecular weight is 335 g/mol. The molecule has 0 saturated heterocycles. The number of ether oxygens (including phenoxy) is 2. The first-order chi connectivity index (χ1) is 11.0. The molecule has 0 aliphatic carbocycles. The van der Waals surface area contributed by atoms with Crippen LogP contribution < -0.4 is 14.2 Å². The molecular formula is C17H21NO4S. The number of nitrogens with one attached hydrogen (secondary N) is 1. The summed E-state index contributed by atoms with van der Waals surface area (Å²) in [5, 5.41) is 0. The molecule has 2 rings (SSSR count). The van der Waals surface area contributed by atoms with Gasteiger partial charge < -0.3 is 9.47 Å². The average Bonchev–Trinajstić information content (AvgIpc) is 2.55. The van der Waals surface area contributed by atoms with Crippen molar-refractivity contribution in [3.05, 3.63) is 53.6 Å². The first-order valence-electron chi connectivity index (χ1n) is 7.24. The van der Waals surface area contributed by atoms with Crippen LogP contribution in [0.15, 0.2) is 47.4 Å². The predicted octanol–water partition coefficient (Wildman–Crippen LogP) is 2.53. The second-order valence-corrected chi connectivity index (χ2v) is 6.85. The number of aryl methyl sites for hydroxylation is 1. The van der Waals surface area contributed by atoms with Crippen molar-refractivity contribution in [3.63, 3.8) is 0 Å². The lowest BCUT2D eigenvalue weighted by molar-refractivity contribution is 0.402. The quantitative estimate of drug-likeness (QED) is 0.844. The third-order valence-corrected chi connectivity index (χ3v) is 4.98. The van der Waals surface area contributed by atoms with Gasteiger partial charge >= 0.3 is 0 Å². The molecule has 6 heteroatoms. The number of methoxy groups -OCH3 is 2. The lowest BCUT2D eigenvalue weighted by atomic mass is 10.1. The van der Waals surface area contributed by atoms with E-state index in [9.17, 15) is 8.42 Å². The topological polar surface area (TPSA) is 64.6 Å². The SMILES string of the molecule is COc1ccc(C)cc1CCNS(=O)(=O)c1ccccc1OC. The van der Waals surface area contributed by atoms with E-state index in [4.69, 9.17) is 9.47 Å². The second kappa shape index (κ2) is 7.48. The third kappa shape index (κ3) is 4.24. The van der Waals surface area contributed by atoms with Crippen molar-refractivity contribution in [2.24, 2.45) is 0 Å². The van der Waals surface area contributed by atoms with Crippen LogP contribution in [-0.2, 0) is 16.4 Å². The molecule has 0 spiro atoms. The molecule has 1 N–H and O–H groups in total. The zero-order valence-electron chi connectivity index (χ0n) is 13.5. The van der Waals surface area contributed by atoms with Gasteiger partial charge in [0, 0.05) is 6.54 Å². The number of rotatable bonds is 7. The lowest BCUT2D eigenvalue weighted by Crippen LogP contribution is -2.26. The van der Waals surface area contributed by atoms with E-state index in [0.717, 1.165) is 16.9 Å². The Morgan fingerprint density at radius 1 is 1.00 bits per heavy atom. The van der Waals surface area contributed by atoms with Gasteiger partial charge in [-0.3, -0.25) is 0 Å². The predicted molar refractivity (Wildman–Crippen MR) is 89.6 cm³/mol. The Morgan fingerprint density at radius 2 is 1.70 bits per heavy atom. The van der Waals surface area contributed by atoms with Gasteiger partial charge in [0.2, 0.25) is 10.0 Å². The molecule has 0 fully saturated rings. The Bertz CT molecular complexity index is 772. The van der Waals surface area contributed by atoms with E-state index in [-0.39, 0.29) is 11.4 Å². The molecule has 0 aromatic heterocycles. The van der Waals surface area contributed by atoms with Gasteiger partial charge in [0.15, 0.2) is 0 Å². The number of para-hydroxylation sites is 1. The Balaban J connectivity index is 2.10. The molecule has 5 nitrogen and oxygen atoms in total. The summed E-state index contributed by atoms with van der Waals surface area (Å²) in [6.45, 7) is 2.27. The van der Waals surface area contributed by atoms with Gasteiger partial charge in [-0.2, -0.15) is 0 Å². The molecule has 0 unspecified atom stereocenters. The van der Waals surface area contributed by atoms with Gasteiger partial charge in [0.05, 0.1) is 14.2 Å². The Morgan fingerprint density at radius 3 is 2.39 bits per heavy atom. The van der Waals surface area contributed by atoms with Gasteiger partial charge in [-0.15, -0.1) is 0 Å².